The summed E-state index contributed by atoms with van der Waals surface area (Å²) >= 11 is 0. The average molecular weight is 535 g/mol. The van der Waals surface area contributed by atoms with Gasteiger partial charge in [-0.2, -0.15) is 5.06 Å². The number of benzene rings is 2. The van der Waals surface area contributed by atoms with Crippen LogP contribution in [0, 0.1) is 24.6 Å². The van der Waals surface area contributed by atoms with Crippen LogP contribution in [0.15, 0.2) is 54.6 Å². The molecule has 2 aliphatic rings. The van der Waals surface area contributed by atoms with Crippen molar-refractivity contribution in [2.75, 3.05) is 39.8 Å². The number of Topliss-reactive ketones (excluding diaryl/α,β-unsaturated/α-hetero) is 1. The van der Waals surface area contributed by atoms with Crippen molar-refractivity contribution in [3.63, 3.8) is 0 Å². The summed E-state index contributed by atoms with van der Waals surface area (Å²) in [7, 11) is 2.16. The van der Waals surface area contributed by atoms with Crippen LogP contribution in [0.1, 0.15) is 49.1 Å². The van der Waals surface area contributed by atoms with Gasteiger partial charge in [-0.15, -0.1) is 5.10 Å². The smallest absolute Gasteiger partial charge is 0.236 e. The number of nitrogens with zero attached hydrogens (tertiary/aromatic N) is 4. The molecule has 3 aromatic rings. The van der Waals surface area contributed by atoms with Crippen molar-refractivity contribution in [3.05, 3.63) is 77.2 Å². The molecule has 3 heterocycles. The first-order valence-electron chi connectivity index (χ1n) is 14.1. The Hall–Kier alpha value is -3.07. The maximum atomic E-state index is 13.6. The maximum absolute atomic E-state index is 13.6. The van der Waals surface area contributed by atoms with Gasteiger partial charge >= 0.3 is 0 Å². The summed E-state index contributed by atoms with van der Waals surface area (Å²) in [6.07, 6.45) is 2.58. The number of aromatic nitrogens is 2. The third kappa shape index (κ3) is 6.57. The lowest BCUT2D eigenvalue weighted by molar-refractivity contribution is -0.146. The molecule has 0 unspecified atom stereocenters. The van der Waals surface area contributed by atoms with E-state index in [1.807, 2.05) is 53.9 Å². The highest BCUT2D eigenvalue weighted by Crippen LogP contribution is 2.37. The van der Waals surface area contributed by atoms with Crippen LogP contribution in [0.3, 0.4) is 0 Å². The van der Waals surface area contributed by atoms with Gasteiger partial charge in [-0.05, 0) is 75.6 Å². The molecule has 0 bridgehead atoms. The molecule has 8 heteroatoms. The normalized spacial score (nSPS) is 20.9. The van der Waals surface area contributed by atoms with Gasteiger partial charge in [-0.3, -0.25) is 9.63 Å². The minimum atomic E-state index is -0.282. The quantitative estimate of drug-likeness (QED) is 0.358. The molecule has 0 amide bonds. The first-order chi connectivity index (χ1) is 18.9. The number of piperidine rings is 1. The molecule has 2 aliphatic heterocycles. The summed E-state index contributed by atoms with van der Waals surface area (Å²) in [4.78, 5) is 22.0. The summed E-state index contributed by atoms with van der Waals surface area (Å²) in [5.74, 6) is 0.938. The molecule has 0 aliphatic carbocycles. The van der Waals surface area contributed by atoms with E-state index in [-0.39, 0.29) is 30.0 Å². The summed E-state index contributed by atoms with van der Waals surface area (Å²) in [6.45, 7) is 8.22. The number of carbonyl (C=O) groups excluding carboxylic acids is 1. The molecule has 2 saturated heterocycles. The molecule has 0 N–H and O–H groups in total. The summed E-state index contributed by atoms with van der Waals surface area (Å²) in [5.41, 5.74) is 3.56. The van der Waals surface area contributed by atoms with E-state index in [9.17, 15) is 9.18 Å². The molecule has 2 atom stereocenters. The van der Waals surface area contributed by atoms with Crippen LogP contribution < -0.4 is 4.74 Å². The highest BCUT2D eigenvalue weighted by molar-refractivity contribution is 5.81. The third-order valence-electron chi connectivity index (χ3n) is 8.03. The van der Waals surface area contributed by atoms with Crippen molar-refractivity contribution in [1.29, 1.82) is 0 Å². The number of carbonyl (C=O) groups is 1. The SMILES string of the molecule is CCN1C[C@@H](CC(=O)Cc2c(C)c(OCC3CCN(C)CC3)nn2-c2ccccc2)[C@H](c2ccc(F)cc2)O1. The Labute approximate surface area is 230 Å². The molecule has 1 aromatic heterocycles. The lowest BCUT2D eigenvalue weighted by Gasteiger charge is -2.28. The predicted octanol–water partition coefficient (Wildman–Crippen LogP) is 5.17. The van der Waals surface area contributed by atoms with Gasteiger partial charge < -0.3 is 9.64 Å². The Bertz CT molecular complexity index is 1240. The summed E-state index contributed by atoms with van der Waals surface area (Å²) in [5, 5.41) is 6.71. The zero-order chi connectivity index (χ0) is 27.4. The second-order valence-electron chi connectivity index (χ2n) is 10.9. The van der Waals surface area contributed by atoms with Crippen molar-refractivity contribution in [2.45, 2.75) is 45.6 Å². The van der Waals surface area contributed by atoms with Gasteiger partial charge in [-0.25, -0.2) is 9.07 Å². The molecule has 208 valence electrons. The van der Waals surface area contributed by atoms with Crippen LogP contribution in [0.25, 0.3) is 5.69 Å². The van der Waals surface area contributed by atoms with E-state index in [0.717, 1.165) is 55.0 Å². The number of hydroxylamine groups is 2. The standard InChI is InChI=1S/C31H39FN4O3/c1-4-35-20-25(30(39-35)24-10-12-26(32)13-11-24)18-28(37)19-29-22(2)31(33-36(29)27-8-6-5-7-9-27)38-21-23-14-16-34(3)17-15-23/h5-13,23,25,30H,4,14-21H2,1-3H3/t25-,30+/m1/s1. The average Bonchev–Trinajstić information content (AvgIpc) is 3.49. The zero-order valence-electron chi connectivity index (χ0n) is 23.2. The number of para-hydroxylation sites is 1. The maximum Gasteiger partial charge on any atom is 0.236 e. The molecule has 5 rings (SSSR count). The van der Waals surface area contributed by atoms with E-state index in [2.05, 4.69) is 11.9 Å². The number of likely N-dealkylation sites (tertiary alicyclic amines) is 1. The van der Waals surface area contributed by atoms with E-state index in [1.54, 1.807) is 12.1 Å². The van der Waals surface area contributed by atoms with Gasteiger partial charge in [-0.1, -0.05) is 37.3 Å². The van der Waals surface area contributed by atoms with Crippen molar-refractivity contribution < 1.29 is 18.8 Å². The molecular weight excluding hydrogens is 495 g/mol. The Balaban J connectivity index is 1.33. The van der Waals surface area contributed by atoms with E-state index in [1.165, 1.54) is 12.1 Å². The minimum Gasteiger partial charge on any atom is -0.476 e. The fourth-order valence-corrected chi connectivity index (χ4v) is 5.62. The molecule has 0 spiro atoms. The van der Waals surface area contributed by atoms with Crippen LogP contribution in [0.4, 0.5) is 4.39 Å². The first kappa shape index (κ1) is 27.5. The number of halogens is 1. The van der Waals surface area contributed by atoms with Gasteiger partial charge in [0, 0.05) is 37.4 Å². The number of ketones is 1. The van der Waals surface area contributed by atoms with Crippen molar-refractivity contribution in [1.82, 2.24) is 19.7 Å². The Morgan fingerprint density at radius 3 is 2.51 bits per heavy atom. The monoisotopic (exact) mass is 534 g/mol. The lowest BCUT2D eigenvalue weighted by Crippen LogP contribution is -2.32. The first-order valence-corrected chi connectivity index (χ1v) is 14.1. The molecule has 0 radical (unpaired) electrons. The van der Waals surface area contributed by atoms with Crippen LogP contribution in [-0.2, 0) is 16.1 Å². The van der Waals surface area contributed by atoms with Gasteiger partial charge in [0.2, 0.25) is 5.88 Å². The van der Waals surface area contributed by atoms with Crippen LogP contribution in [0.5, 0.6) is 5.88 Å². The van der Waals surface area contributed by atoms with Gasteiger partial charge in [0.15, 0.2) is 0 Å². The van der Waals surface area contributed by atoms with Gasteiger partial charge in [0.25, 0.3) is 0 Å². The van der Waals surface area contributed by atoms with Crippen LogP contribution in [-0.4, -0.2) is 65.4 Å². The second kappa shape index (κ2) is 12.4. The fourth-order valence-electron chi connectivity index (χ4n) is 5.62. The highest BCUT2D eigenvalue weighted by Gasteiger charge is 2.36. The van der Waals surface area contributed by atoms with Crippen LogP contribution >= 0.6 is 0 Å². The van der Waals surface area contributed by atoms with E-state index >= 15 is 0 Å². The third-order valence-corrected chi connectivity index (χ3v) is 8.03. The van der Waals surface area contributed by atoms with Crippen molar-refractivity contribution in [2.24, 2.45) is 11.8 Å². The minimum absolute atomic E-state index is 0.0172. The topological polar surface area (TPSA) is 59.8 Å². The summed E-state index contributed by atoms with van der Waals surface area (Å²) < 4.78 is 21.7. The second-order valence-corrected chi connectivity index (χ2v) is 10.9. The number of hydrogen-bond acceptors (Lipinski definition) is 6. The van der Waals surface area contributed by atoms with Crippen LogP contribution in [0.2, 0.25) is 0 Å². The Kier molecular flexibility index (Phi) is 8.75. The van der Waals surface area contributed by atoms with Crippen molar-refractivity contribution >= 4 is 5.78 Å². The fraction of sp³-hybridized carbons (Fsp3) is 0.484. The predicted molar refractivity (Wildman–Crippen MR) is 148 cm³/mol. The molecule has 7 nitrogen and oxygen atoms in total. The molecular formula is C31H39FN4O3. The van der Waals surface area contributed by atoms with Gasteiger partial charge in [0.05, 0.1) is 18.0 Å². The summed E-state index contributed by atoms with van der Waals surface area (Å²) in [6, 6.07) is 16.3. The molecule has 0 saturated carbocycles. The molecule has 2 fully saturated rings. The van der Waals surface area contributed by atoms with E-state index in [0.29, 0.717) is 31.4 Å². The zero-order valence-corrected chi connectivity index (χ0v) is 23.2. The Morgan fingerprint density at radius 1 is 1.10 bits per heavy atom. The Morgan fingerprint density at radius 2 is 1.82 bits per heavy atom. The molecule has 2 aromatic carbocycles. The number of ether oxygens (including phenoxy) is 1. The van der Waals surface area contributed by atoms with Gasteiger partial charge in [0.1, 0.15) is 17.7 Å². The van der Waals surface area contributed by atoms with E-state index < -0.39 is 0 Å². The lowest BCUT2D eigenvalue weighted by atomic mass is 9.90. The van der Waals surface area contributed by atoms with E-state index in [4.69, 9.17) is 14.7 Å². The largest absolute Gasteiger partial charge is 0.476 e. The number of rotatable bonds is 10. The highest BCUT2D eigenvalue weighted by atomic mass is 19.1. The number of hydrogen-bond donors (Lipinski definition) is 0. The van der Waals surface area contributed by atoms with Crippen molar-refractivity contribution in [3.8, 4) is 11.6 Å². The molecule has 39 heavy (non-hydrogen) atoms.